The normalized spacial score (nSPS) is 18.7. The number of carboxylic acids is 1. The van der Waals surface area contributed by atoms with Gasteiger partial charge in [-0.2, -0.15) is 0 Å². The van der Waals surface area contributed by atoms with Gasteiger partial charge in [0.25, 0.3) is 0 Å². The van der Waals surface area contributed by atoms with Gasteiger partial charge in [0.05, 0.1) is 0 Å². The molecule has 2 saturated carbocycles. The maximum absolute atomic E-state index is 12.6. The molecule has 0 spiro atoms. The second-order valence-corrected chi connectivity index (χ2v) is 9.29. The minimum atomic E-state index is -1.11. The molecule has 3 N–H and O–H groups in total. The van der Waals surface area contributed by atoms with Crippen LogP contribution in [-0.4, -0.2) is 29.1 Å². The summed E-state index contributed by atoms with van der Waals surface area (Å²) in [4.78, 5) is 36.2. The molecule has 0 bridgehead atoms. The van der Waals surface area contributed by atoms with Crippen molar-refractivity contribution in [1.29, 1.82) is 0 Å². The van der Waals surface area contributed by atoms with E-state index in [-0.39, 0.29) is 29.9 Å². The van der Waals surface area contributed by atoms with E-state index in [9.17, 15) is 14.4 Å². The molecule has 0 aliphatic heterocycles. The Morgan fingerprint density at radius 1 is 0.844 bits per heavy atom. The number of hydrogen-bond donors (Lipinski definition) is 2. The van der Waals surface area contributed by atoms with Crippen LogP contribution in [0.2, 0.25) is 0 Å². The molecule has 7 nitrogen and oxygen atoms in total. The number of carboxylic acid groups (broad SMARTS) is 1. The van der Waals surface area contributed by atoms with Crippen LogP contribution in [0.25, 0.3) is 0 Å². The number of carbonyl (C=O) groups excluding carboxylic acids is 2. The van der Waals surface area contributed by atoms with E-state index in [1.807, 2.05) is 0 Å². The predicted molar refractivity (Wildman–Crippen MR) is 119 cm³/mol. The third kappa shape index (κ3) is 7.62. The van der Waals surface area contributed by atoms with Crippen molar-refractivity contribution in [2.45, 2.75) is 89.5 Å². The molecule has 1 aromatic carbocycles. The Kier molecular flexibility index (Phi) is 9.09. The van der Waals surface area contributed by atoms with Gasteiger partial charge >= 0.3 is 17.9 Å². The minimum Gasteiger partial charge on any atom is -0.480 e. The van der Waals surface area contributed by atoms with E-state index in [1.165, 1.54) is 12.8 Å². The van der Waals surface area contributed by atoms with Crippen molar-refractivity contribution < 1.29 is 29.0 Å². The van der Waals surface area contributed by atoms with Crippen LogP contribution in [0.15, 0.2) is 18.2 Å². The molecule has 1 unspecified atom stereocenters. The van der Waals surface area contributed by atoms with Gasteiger partial charge in [-0.1, -0.05) is 44.6 Å². The Bertz CT molecular complexity index is 796. The van der Waals surface area contributed by atoms with Crippen LogP contribution in [0.1, 0.15) is 82.6 Å². The van der Waals surface area contributed by atoms with Crippen LogP contribution in [0.3, 0.4) is 0 Å². The zero-order chi connectivity index (χ0) is 22.9. The lowest BCUT2D eigenvalue weighted by Crippen LogP contribution is -2.32. The second kappa shape index (κ2) is 12.0. The SMILES string of the molecule is NC(Cc1ccc(OC(=O)CC2CCCCC2)c(OC(=O)CC2CCCCC2)c1)C(=O)O. The first kappa shape index (κ1) is 24.2. The average molecular weight is 446 g/mol. The molecule has 0 heterocycles. The summed E-state index contributed by atoms with van der Waals surface area (Å²) in [6, 6.07) is 3.71. The fraction of sp³-hybridized carbons (Fsp3) is 0.640. The van der Waals surface area contributed by atoms with Crippen LogP contribution >= 0.6 is 0 Å². The van der Waals surface area contributed by atoms with E-state index in [0.717, 1.165) is 51.4 Å². The highest BCUT2D eigenvalue weighted by Gasteiger charge is 2.23. The number of nitrogens with two attached hydrogens (primary N) is 1. The van der Waals surface area contributed by atoms with Gasteiger partial charge in [0, 0.05) is 12.8 Å². The quantitative estimate of drug-likeness (QED) is 0.428. The molecule has 0 saturated heterocycles. The zero-order valence-corrected chi connectivity index (χ0v) is 18.7. The largest absolute Gasteiger partial charge is 0.480 e. The highest BCUT2D eigenvalue weighted by molar-refractivity contribution is 5.77. The van der Waals surface area contributed by atoms with Crippen LogP contribution < -0.4 is 15.2 Å². The van der Waals surface area contributed by atoms with Crippen LogP contribution in [0.5, 0.6) is 11.5 Å². The van der Waals surface area contributed by atoms with Crippen LogP contribution in [0, 0.1) is 11.8 Å². The maximum atomic E-state index is 12.6. The Morgan fingerprint density at radius 2 is 1.34 bits per heavy atom. The fourth-order valence-corrected chi connectivity index (χ4v) is 4.77. The molecule has 1 aromatic rings. The average Bonchev–Trinajstić information content (AvgIpc) is 2.76. The fourth-order valence-electron chi connectivity index (χ4n) is 4.77. The number of benzene rings is 1. The Morgan fingerprint density at radius 3 is 1.84 bits per heavy atom. The predicted octanol–water partition coefficient (Wildman–Crippen LogP) is 4.39. The third-order valence-corrected chi connectivity index (χ3v) is 6.59. The highest BCUT2D eigenvalue weighted by Crippen LogP contribution is 2.33. The van der Waals surface area contributed by atoms with E-state index in [1.54, 1.807) is 18.2 Å². The van der Waals surface area contributed by atoms with Crippen molar-refractivity contribution in [3.05, 3.63) is 23.8 Å². The molecule has 32 heavy (non-hydrogen) atoms. The third-order valence-electron chi connectivity index (χ3n) is 6.59. The standard InChI is InChI=1S/C25H35NO6/c26-20(25(29)30)13-19-11-12-21(31-23(27)15-17-7-3-1-4-8-17)22(14-19)32-24(28)16-18-9-5-2-6-10-18/h11-12,14,17-18,20H,1-10,13,15-16,26H2,(H,29,30). The summed E-state index contributed by atoms with van der Waals surface area (Å²) in [5.41, 5.74) is 6.26. The van der Waals surface area contributed by atoms with Crippen molar-refractivity contribution >= 4 is 17.9 Å². The monoisotopic (exact) mass is 445 g/mol. The summed E-state index contributed by atoms with van der Waals surface area (Å²) in [5, 5.41) is 9.09. The van der Waals surface area contributed by atoms with Gasteiger partial charge in [0.1, 0.15) is 6.04 Å². The van der Waals surface area contributed by atoms with Crippen molar-refractivity contribution in [3.8, 4) is 11.5 Å². The Labute approximate surface area is 189 Å². The maximum Gasteiger partial charge on any atom is 0.320 e. The first-order valence-corrected chi connectivity index (χ1v) is 11.9. The molecular weight excluding hydrogens is 410 g/mol. The summed E-state index contributed by atoms with van der Waals surface area (Å²) in [6.07, 6.45) is 11.8. The molecule has 1 atom stereocenters. The minimum absolute atomic E-state index is 0.0822. The lowest BCUT2D eigenvalue weighted by Gasteiger charge is -2.21. The summed E-state index contributed by atoms with van der Waals surface area (Å²) in [7, 11) is 0. The number of rotatable bonds is 9. The van der Waals surface area contributed by atoms with Crippen molar-refractivity contribution in [2.75, 3.05) is 0 Å². The second-order valence-electron chi connectivity index (χ2n) is 9.29. The smallest absolute Gasteiger partial charge is 0.320 e. The van der Waals surface area contributed by atoms with E-state index in [2.05, 4.69) is 0 Å². The van der Waals surface area contributed by atoms with Gasteiger partial charge in [0.2, 0.25) is 0 Å². The highest BCUT2D eigenvalue weighted by atomic mass is 16.6. The van der Waals surface area contributed by atoms with E-state index in [4.69, 9.17) is 20.3 Å². The molecule has 0 radical (unpaired) electrons. The number of ether oxygens (including phenoxy) is 2. The van der Waals surface area contributed by atoms with Gasteiger partial charge in [-0.25, -0.2) is 0 Å². The molecular formula is C25H35NO6. The molecule has 2 aliphatic carbocycles. The molecule has 0 aromatic heterocycles. The first-order chi connectivity index (χ1) is 15.4. The van der Waals surface area contributed by atoms with Gasteiger partial charge in [-0.3, -0.25) is 14.4 Å². The Hall–Kier alpha value is -2.41. The summed E-state index contributed by atoms with van der Waals surface area (Å²) in [6.45, 7) is 0. The van der Waals surface area contributed by atoms with Crippen LogP contribution in [0.4, 0.5) is 0 Å². The van der Waals surface area contributed by atoms with Crippen molar-refractivity contribution in [1.82, 2.24) is 0 Å². The number of carbonyl (C=O) groups is 3. The van der Waals surface area contributed by atoms with E-state index in [0.29, 0.717) is 30.2 Å². The van der Waals surface area contributed by atoms with E-state index < -0.39 is 12.0 Å². The molecule has 2 fully saturated rings. The van der Waals surface area contributed by atoms with Gasteiger partial charge in [-0.15, -0.1) is 0 Å². The lowest BCUT2D eigenvalue weighted by atomic mass is 9.87. The first-order valence-electron chi connectivity index (χ1n) is 11.9. The van der Waals surface area contributed by atoms with Crippen LogP contribution in [-0.2, 0) is 20.8 Å². The number of esters is 2. The van der Waals surface area contributed by atoms with Gasteiger partial charge < -0.3 is 20.3 Å². The molecule has 7 heteroatoms. The number of hydrogen-bond acceptors (Lipinski definition) is 6. The Balaban J connectivity index is 1.69. The number of aliphatic carboxylic acids is 1. The molecule has 2 aliphatic rings. The van der Waals surface area contributed by atoms with Gasteiger partial charge in [0.15, 0.2) is 11.5 Å². The molecule has 3 rings (SSSR count). The summed E-state index contributed by atoms with van der Waals surface area (Å²) < 4.78 is 11.2. The van der Waals surface area contributed by atoms with Gasteiger partial charge in [-0.05, 0) is 61.6 Å². The lowest BCUT2D eigenvalue weighted by molar-refractivity contribution is -0.138. The zero-order valence-electron chi connectivity index (χ0n) is 18.7. The van der Waals surface area contributed by atoms with Crippen molar-refractivity contribution in [3.63, 3.8) is 0 Å². The molecule has 0 amide bonds. The van der Waals surface area contributed by atoms with Crippen molar-refractivity contribution in [2.24, 2.45) is 17.6 Å². The topological polar surface area (TPSA) is 116 Å². The summed E-state index contributed by atoms with van der Waals surface area (Å²) in [5.74, 6) is -0.812. The molecule has 176 valence electrons. The van der Waals surface area contributed by atoms with E-state index >= 15 is 0 Å². The summed E-state index contributed by atoms with van der Waals surface area (Å²) >= 11 is 0.